The lowest BCUT2D eigenvalue weighted by molar-refractivity contribution is -0.143. The van der Waals surface area contributed by atoms with E-state index in [2.05, 4.69) is 5.32 Å². The van der Waals surface area contributed by atoms with Crippen molar-refractivity contribution in [3.8, 4) is 6.07 Å². The van der Waals surface area contributed by atoms with Crippen molar-refractivity contribution in [2.75, 3.05) is 18.4 Å². The first-order chi connectivity index (χ1) is 10.0. The van der Waals surface area contributed by atoms with Crippen molar-refractivity contribution in [2.24, 2.45) is 5.92 Å². The van der Waals surface area contributed by atoms with Crippen molar-refractivity contribution in [3.63, 3.8) is 0 Å². The maximum Gasteiger partial charge on any atom is 0.321 e. The summed E-state index contributed by atoms with van der Waals surface area (Å²) in [5.74, 6) is -1.37. The average Bonchev–Trinajstić information content (AvgIpc) is 2.49. The van der Waals surface area contributed by atoms with Crippen molar-refractivity contribution < 1.29 is 14.7 Å². The minimum Gasteiger partial charge on any atom is -0.481 e. The Morgan fingerprint density at radius 2 is 2.24 bits per heavy atom. The van der Waals surface area contributed by atoms with E-state index >= 15 is 0 Å². The number of nitrogens with one attached hydrogen (secondary N) is 1. The molecule has 2 rings (SSSR count). The van der Waals surface area contributed by atoms with Gasteiger partial charge in [0.05, 0.1) is 17.6 Å². The van der Waals surface area contributed by atoms with E-state index < -0.39 is 11.9 Å². The van der Waals surface area contributed by atoms with Crippen LogP contribution in [0.15, 0.2) is 18.2 Å². The van der Waals surface area contributed by atoms with Crippen LogP contribution in [0.2, 0.25) is 0 Å². The summed E-state index contributed by atoms with van der Waals surface area (Å²) in [5, 5.41) is 20.7. The number of amides is 2. The van der Waals surface area contributed by atoms with Gasteiger partial charge in [-0.15, -0.1) is 0 Å². The number of piperidine rings is 1. The molecule has 0 bridgehead atoms. The quantitative estimate of drug-likeness (QED) is 0.872. The molecule has 0 saturated carbocycles. The van der Waals surface area contributed by atoms with Gasteiger partial charge < -0.3 is 15.3 Å². The molecule has 0 aliphatic carbocycles. The van der Waals surface area contributed by atoms with Crippen molar-refractivity contribution in [3.05, 3.63) is 29.3 Å². The van der Waals surface area contributed by atoms with Crippen molar-refractivity contribution in [1.29, 1.82) is 5.26 Å². The average molecular weight is 287 g/mol. The lowest BCUT2D eigenvalue weighted by Gasteiger charge is -2.30. The van der Waals surface area contributed by atoms with Crippen LogP contribution >= 0.6 is 0 Å². The third-order valence-electron chi connectivity index (χ3n) is 3.67. The molecule has 110 valence electrons. The second-order valence-electron chi connectivity index (χ2n) is 5.20. The summed E-state index contributed by atoms with van der Waals surface area (Å²) < 4.78 is 0. The molecule has 6 heteroatoms. The summed E-state index contributed by atoms with van der Waals surface area (Å²) in [6.45, 7) is 2.61. The molecule has 1 aliphatic heterocycles. The fraction of sp³-hybridized carbons (Fsp3) is 0.400. The van der Waals surface area contributed by atoms with Gasteiger partial charge in [-0.05, 0) is 37.5 Å². The van der Waals surface area contributed by atoms with Crippen LogP contribution in [-0.2, 0) is 4.79 Å². The van der Waals surface area contributed by atoms with Crippen molar-refractivity contribution in [1.82, 2.24) is 4.90 Å². The number of aliphatic carboxylic acids is 1. The number of hydrogen-bond donors (Lipinski definition) is 2. The van der Waals surface area contributed by atoms with E-state index in [0.717, 1.165) is 5.56 Å². The minimum absolute atomic E-state index is 0.220. The van der Waals surface area contributed by atoms with Crippen LogP contribution in [0.5, 0.6) is 0 Å². The normalized spacial score (nSPS) is 17.9. The molecule has 2 amide bonds. The topological polar surface area (TPSA) is 93.4 Å². The second kappa shape index (κ2) is 6.27. The third kappa shape index (κ3) is 3.51. The van der Waals surface area contributed by atoms with E-state index in [-0.39, 0.29) is 12.6 Å². The highest BCUT2D eigenvalue weighted by Crippen LogP contribution is 2.20. The van der Waals surface area contributed by atoms with Crippen molar-refractivity contribution >= 4 is 17.7 Å². The second-order valence-corrected chi connectivity index (χ2v) is 5.20. The first-order valence-electron chi connectivity index (χ1n) is 6.80. The number of carboxylic acid groups (broad SMARTS) is 1. The maximum atomic E-state index is 12.2. The molecular formula is C15H17N3O3. The number of carbonyl (C=O) groups is 2. The number of carbonyl (C=O) groups excluding carboxylic acids is 1. The van der Waals surface area contributed by atoms with Crippen LogP contribution in [0.25, 0.3) is 0 Å². The Morgan fingerprint density at radius 1 is 1.48 bits per heavy atom. The Hall–Kier alpha value is -2.55. The summed E-state index contributed by atoms with van der Waals surface area (Å²) in [5.41, 5.74) is 1.91. The molecule has 1 fully saturated rings. The van der Waals surface area contributed by atoms with E-state index in [9.17, 15) is 9.59 Å². The number of hydrogen-bond acceptors (Lipinski definition) is 3. The number of nitrogens with zero attached hydrogens (tertiary/aromatic N) is 2. The highest BCUT2D eigenvalue weighted by atomic mass is 16.4. The van der Waals surface area contributed by atoms with Gasteiger partial charge in [0.2, 0.25) is 0 Å². The molecule has 1 aromatic carbocycles. The SMILES string of the molecule is Cc1ccc(C#N)cc1NC(=O)N1CCC[C@H](C(=O)O)C1. The standard InChI is InChI=1S/C15H17N3O3/c1-10-4-5-11(8-16)7-13(10)17-15(21)18-6-2-3-12(9-18)14(19)20/h4-5,7,12H,2-3,6,9H2,1H3,(H,17,21)(H,19,20)/t12-/m0/s1. The van der Waals surface area contributed by atoms with E-state index in [1.165, 1.54) is 4.90 Å². The van der Waals surface area contributed by atoms with Gasteiger partial charge in [-0.25, -0.2) is 4.79 Å². The summed E-state index contributed by atoms with van der Waals surface area (Å²) in [6.07, 6.45) is 1.28. The third-order valence-corrected chi connectivity index (χ3v) is 3.67. The number of likely N-dealkylation sites (tertiary alicyclic amines) is 1. The van der Waals surface area contributed by atoms with Gasteiger partial charge in [0.15, 0.2) is 0 Å². The first-order valence-corrected chi connectivity index (χ1v) is 6.80. The van der Waals surface area contributed by atoms with Crippen molar-refractivity contribution in [2.45, 2.75) is 19.8 Å². The van der Waals surface area contributed by atoms with E-state index in [4.69, 9.17) is 10.4 Å². The Labute approximate surface area is 123 Å². The highest BCUT2D eigenvalue weighted by molar-refractivity contribution is 5.90. The summed E-state index contributed by atoms with van der Waals surface area (Å²) >= 11 is 0. The largest absolute Gasteiger partial charge is 0.481 e. The smallest absolute Gasteiger partial charge is 0.321 e. The van der Waals surface area contributed by atoms with Gasteiger partial charge in [-0.2, -0.15) is 5.26 Å². The van der Waals surface area contributed by atoms with Crippen LogP contribution in [0.1, 0.15) is 24.0 Å². The maximum absolute atomic E-state index is 12.2. The minimum atomic E-state index is -0.866. The molecule has 1 heterocycles. The molecule has 0 unspecified atom stereocenters. The van der Waals surface area contributed by atoms with Gasteiger partial charge in [-0.1, -0.05) is 6.07 Å². The number of carboxylic acids is 1. The first kappa shape index (κ1) is 14.9. The Balaban J connectivity index is 2.08. The molecular weight excluding hydrogens is 270 g/mol. The van der Waals surface area contributed by atoms with Crippen LogP contribution in [0.4, 0.5) is 10.5 Å². The summed E-state index contributed by atoms with van der Waals surface area (Å²) in [7, 11) is 0. The highest BCUT2D eigenvalue weighted by Gasteiger charge is 2.28. The zero-order valence-electron chi connectivity index (χ0n) is 11.8. The lowest BCUT2D eigenvalue weighted by atomic mass is 9.99. The molecule has 1 aliphatic rings. The molecule has 0 aromatic heterocycles. The van der Waals surface area contributed by atoms with Crippen LogP contribution < -0.4 is 5.32 Å². The van der Waals surface area contributed by atoms with E-state index in [0.29, 0.717) is 30.6 Å². The number of benzene rings is 1. The molecule has 1 atom stereocenters. The Kier molecular flexibility index (Phi) is 4.43. The van der Waals surface area contributed by atoms with E-state index in [1.807, 2.05) is 13.0 Å². The fourth-order valence-electron chi connectivity index (χ4n) is 2.38. The number of urea groups is 1. The number of nitriles is 1. The van der Waals surface area contributed by atoms with Crippen LogP contribution in [0, 0.1) is 24.2 Å². The summed E-state index contributed by atoms with van der Waals surface area (Å²) in [4.78, 5) is 24.8. The summed E-state index contributed by atoms with van der Waals surface area (Å²) in [6, 6.07) is 6.78. The molecule has 2 N–H and O–H groups in total. The van der Waals surface area contributed by atoms with Gasteiger partial charge in [0, 0.05) is 18.8 Å². The van der Waals surface area contributed by atoms with Gasteiger partial charge in [0.1, 0.15) is 0 Å². The van der Waals surface area contributed by atoms with Gasteiger partial charge in [-0.3, -0.25) is 4.79 Å². The van der Waals surface area contributed by atoms with Gasteiger partial charge in [0.25, 0.3) is 0 Å². The zero-order chi connectivity index (χ0) is 15.4. The van der Waals surface area contributed by atoms with Crippen LogP contribution in [-0.4, -0.2) is 35.1 Å². The number of rotatable bonds is 2. The number of aryl methyl sites for hydroxylation is 1. The molecule has 1 saturated heterocycles. The molecule has 1 aromatic rings. The zero-order valence-corrected chi connectivity index (χ0v) is 11.8. The fourth-order valence-corrected chi connectivity index (χ4v) is 2.38. The predicted molar refractivity (Wildman–Crippen MR) is 76.8 cm³/mol. The molecule has 0 radical (unpaired) electrons. The number of anilines is 1. The molecule has 21 heavy (non-hydrogen) atoms. The molecule has 0 spiro atoms. The predicted octanol–water partition coefficient (Wildman–Crippen LogP) is 2.20. The lowest BCUT2D eigenvalue weighted by Crippen LogP contribution is -2.44. The van der Waals surface area contributed by atoms with Crippen LogP contribution in [0.3, 0.4) is 0 Å². The molecule has 6 nitrogen and oxygen atoms in total. The monoisotopic (exact) mass is 287 g/mol. The van der Waals surface area contributed by atoms with Gasteiger partial charge >= 0.3 is 12.0 Å². The Morgan fingerprint density at radius 3 is 2.90 bits per heavy atom. The Bertz CT molecular complexity index is 607. The van der Waals surface area contributed by atoms with E-state index in [1.54, 1.807) is 18.2 Å².